The smallest absolute Gasteiger partial charge is 0.216 e. The van der Waals surface area contributed by atoms with Crippen molar-refractivity contribution in [2.75, 3.05) is 7.11 Å². The van der Waals surface area contributed by atoms with Gasteiger partial charge in [0.1, 0.15) is 0 Å². The van der Waals surface area contributed by atoms with Crippen LogP contribution in [0.25, 0.3) is 0 Å². The molecule has 0 fully saturated rings. The number of ether oxygens (including phenoxy) is 1. The van der Waals surface area contributed by atoms with Gasteiger partial charge in [0.25, 0.3) is 0 Å². The lowest BCUT2D eigenvalue weighted by atomic mass is 10.2. The number of aryl methyl sites for hydroxylation is 2. The minimum atomic E-state index is 0.550. The molecule has 0 aromatic carbocycles. The van der Waals surface area contributed by atoms with Crippen LogP contribution in [0.3, 0.4) is 0 Å². The third-order valence-corrected chi connectivity index (χ3v) is 2.47. The molecular formula is C10H15N5O2. The predicted octanol–water partition coefficient (Wildman–Crippen LogP) is 0.410. The van der Waals surface area contributed by atoms with Gasteiger partial charge >= 0.3 is 0 Å². The standard InChI is InChI=1S/C10H15N5O2/c1-7-8(10(16-3)15(2)13-7)4-11-5-9-12-6-17-14-9/h6,11H,4-5H2,1-3H3. The molecule has 2 aromatic rings. The van der Waals surface area contributed by atoms with Crippen molar-refractivity contribution in [2.24, 2.45) is 7.05 Å². The molecule has 0 saturated heterocycles. The minimum Gasteiger partial charge on any atom is -0.481 e. The number of methoxy groups -OCH3 is 1. The van der Waals surface area contributed by atoms with Gasteiger partial charge in [-0.2, -0.15) is 10.1 Å². The highest BCUT2D eigenvalue weighted by Gasteiger charge is 2.13. The lowest BCUT2D eigenvalue weighted by molar-refractivity contribution is 0.367. The first-order chi connectivity index (χ1) is 8.22. The molecule has 0 aliphatic rings. The summed E-state index contributed by atoms with van der Waals surface area (Å²) in [7, 11) is 3.49. The van der Waals surface area contributed by atoms with E-state index in [9.17, 15) is 0 Å². The number of hydrogen-bond donors (Lipinski definition) is 1. The zero-order valence-electron chi connectivity index (χ0n) is 10.1. The summed E-state index contributed by atoms with van der Waals surface area (Å²) in [6, 6.07) is 0. The van der Waals surface area contributed by atoms with Gasteiger partial charge in [-0.05, 0) is 6.92 Å². The largest absolute Gasteiger partial charge is 0.481 e. The van der Waals surface area contributed by atoms with Gasteiger partial charge in [-0.1, -0.05) is 5.16 Å². The molecule has 0 amide bonds. The Morgan fingerprint density at radius 3 is 2.94 bits per heavy atom. The fraction of sp³-hybridized carbons (Fsp3) is 0.500. The van der Waals surface area contributed by atoms with Crippen molar-refractivity contribution < 1.29 is 9.26 Å². The molecule has 2 rings (SSSR count). The van der Waals surface area contributed by atoms with Crippen molar-refractivity contribution in [3.63, 3.8) is 0 Å². The first-order valence-electron chi connectivity index (χ1n) is 5.24. The molecule has 0 atom stereocenters. The fourth-order valence-corrected chi connectivity index (χ4v) is 1.71. The maximum atomic E-state index is 5.30. The number of rotatable bonds is 5. The number of aromatic nitrogens is 4. The molecule has 0 spiro atoms. The van der Waals surface area contributed by atoms with Crippen molar-refractivity contribution in [3.8, 4) is 5.88 Å². The van der Waals surface area contributed by atoms with Crippen LogP contribution in [0.1, 0.15) is 17.1 Å². The molecule has 92 valence electrons. The van der Waals surface area contributed by atoms with Crippen molar-refractivity contribution in [3.05, 3.63) is 23.5 Å². The van der Waals surface area contributed by atoms with Crippen LogP contribution in [-0.2, 0) is 20.1 Å². The van der Waals surface area contributed by atoms with E-state index in [0.29, 0.717) is 18.9 Å². The number of nitrogens with one attached hydrogen (secondary N) is 1. The second kappa shape index (κ2) is 4.96. The van der Waals surface area contributed by atoms with E-state index in [1.165, 1.54) is 6.39 Å². The normalized spacial score (nSPS) is 10.8. The van der Waals surface area contributed by atoms with E-state index >= 15 is 0 Å². The molecule has 0 bridgehead atoms. The second-order valence-corrected chi connectivity index (χ2v) is 3.65. The van der Waals surface area contributed by atoms with Gasteiger partial charge in [-0.3, -0.25) is 0 Å². The monoisotopic (exact) mass is 237 g/mol. The summed E-state index contributed by atoms with van der Waals surface area (Å²) in [6.45, 7) is 3.15. The van der Waals surface area contributed by atoms with Crippen molar-refractivity contribution >= 4 is 0 Å². The average molecular weight is 237 g/mol. The van der Waals surface area contributed by atoms with Crippen molar-refractivity contribution in [2.45, 2.75) is 20.0 Å². The SMILES string of the molecule is COc1c(CNCc2ncon2)c(C)nn1C. The fourth-order valence-electron chi connectivity index (χ4n) is 1.71. The van der Waals surface area contributed by atoms with Crippen LogP contribution < -0.4 is 10.1 Å². The van der Waals surface area contributed by atoms with E-state index in [1.54, 1.807) is 11.8 Å². The van der Waals surface area contributed by atoms with Gasteiger partial charge in [-0.15, -0.1) is 0 Å². The predicted molar refractivity (Wildman–Crippen MR) is 59.3 cm³/mol. The Labute approximate surface area is 98.8 Å². The summed E-state index contributed by atoms with van der Waals surface area (Å²) < 4.78 is 11.7. The molecule has 0 aliphatic heterocycles. The van der Waals surface area contributed by atoms with Crippen LogP contribution in [0.5, 0.6) is 5.88 Å². The number of hydrogen-bond acceptors (Lipinski definition) is 6. The summed E-state index contributed by atoms with van der Waals surface area (Å²) in [5.74, 6) is 1.40. The highest BCUT2D eigenvalue weighted by atomic mass is 16.5. The average Bonchev–Trinajstić information content (AvgIpc) is 2.88. The van der Waals surface area contributed by atoms with E-state index < -0.39 is 0 Å². The third kappa shape index (κ3) is 2.44. The highest BCUT2D eigenvalue weighted by Crippen LogP contribution is 2.20. The first kappa shape index (κ1) is 11.6. The van der Waals surface area contributed by atoms with E-state index in [-0.39, 0.29) is 0 Å². The molecule has 2 aromatic heterocycles. The number of nitrogens with zero attached hydrogens (tertiary/aromatic N) is 4. The van der Waals surface area contributed by atoms with Crippen molar-refractivity contribution in [1.82, 2.24) is 25.2 Å². The highest BCUT2D eigenvalue weighted by molar-refractivity contribution is 5.30. The van der Waals surface area contributed by atoms with Crippen LogP contribution in [0.15, 0.2) is 10.9 Å². The Balaban J connectivity index is 1.99. The molecule has 0 saturated carbocycles. The lowest BCUT2D eigenvalue weighted by Crippen LogP contribution is -2.14. The summed E-state index contributed by atoms with van der Waals surface area (Å²) >= 11 is 0. The Morgan fingerprint density at radius 1 is 1.47 bits per heavy atom. The molecule has 0 aliphatic carbocycles. The van der Waals surface area contributed by atoms with Gasteiger partial charge in [0, 0.05) is 13.6 Å². The minimum absolute atomic E-state index is 0.550. The Morgan fingerprint density at radius 2 is 2.29 bits per heavy atom. The van der Waals surface area contributed by atoms with Gasteiger partial charge in [0.2, 0.25) is 12.3 Å². The molecule has 1 N–H and O–H groups in total. The van der Waals surface area contributed by atoms with Crippen LogP contribution in [-0.4, -0.2) is 27.0 Å². The van der Waals surface area contributed by atoms with E-state index in [2.05, 4.69) is 25.1 Å². The zero-order chi connectivity index (χ0) is 12.3. The Hall–Kier alpha value is -1.89. The summed E-state index contributed by atoms with van der Waals surface area (Å²) in [6.07, 6.45) is 1.31. The molecule has 7 heteroatoms. The van der Waals surface area contributed by atoms with Crippen molar-refractivity contribution in [1.29, 1.82) is 0 Å². The quantitative estimate of drug-likeness (QED) is 0.811. The molecule has 0 radical (unpaired) electrons. The van der Waals surface area contributed by atoms with Crippen LogP contribution >= 0.6 is 0 Å². The third-order valence-electron chi connectivity index (χ3n) is 2.47. The molecule has 2 heterocycles. The maximum Gasteiger partial charge on any atom is 0.216 e. The van der Waals surface area contributed by atoms with E-state index in [4.69, 9.17) is 4.74 Å². The topological polar surface area (TPSA) is 78.0 Å². The van der Waals surface area contributed by atoms with Gasteiger partial charge < -0.3 is 14.6 Å². The van der Waals surface area contributed by atoms with Gasteiger partial charge in [-0.25, -0.2) is 4.68 Å². The molecule has 17 heavy (non-hydrogen) atoms. The maximum absolute atomic E-state index is 5.30. The molecule has 7 nitrogen and oxygen atoms in total. The Kier molecular flexibility index (Phi) is 3.38. The van der Waals surface area contributed by atoms with Gasteiger partial charge in [0.05, 0.1) is 24.9 Å². The Bertz CT molecular complexity index is 477. The van der Waals surface area contributed by atoms with Gasteiger partial charge in [0.15, 0.2) is 5.82 Å². The van der Waals surface area contributed by atoms with Crippen LogP contribution in [0.2, 0.25) is 0 Å². The van der Waals surface area contributed by atoms with E-state index in [1.807, 2.05) is 14.0 Å². The van der Waals surface area contributed by atoms with E-state index in [0.717, 1.165) is 17.1 Å². The zero-order valence-corrected chi connectivity index (χ0v) is 10.1. The summed E-state index contributed by atoms with van der Waals surface area (Å²) in [5.41, 5.74) is 1.99. The summed E-state index contributed by atoms with van der Waals surface area (Å²) in [5, 5.41) is 11.2. The van der Waals surface area contributed by atoms with Crippen LogP contribution in [0, 0.1) is 6.92 Å². The lowest BCUT2D eigenvalue weighted by Gasteiger charge is -2.05. The molecular weight excluding hydrogens is 222 g/mol. The first-order valence-corrected chi connectivity index (χ1v) is 5.24. The van der Waals surface area contributed by atoms with Crippen LogP contribution in [0.4, 0.5) is 0 Å². The summed E-state index contributed by atoms with van der Waals surface area (Å²) in [4.78, 5) is 3.93. The molecule has 0 unspecified atom stereocenters. The second-order valence-electron chi connectivity index (χ2n) is 3.65.